The van der Waals surface area contributed by atoms with E-state index in [0.717, 1.165) is 5.56 Å². The number of ether oxygens (including phenoxy) is 1. The van der Waals surface area contributed by atoms with Gasteiger partial charge in [0.15, 0.2) is 0 Å². The molecule has 0 spiro atoms. The lowest BCUT2D eigenvalue weighted by atomic mass is 10.0. The van der Waals surface area contributed by atoms with E-state index in [-0.39, 0.29) is 15.6 Å². The van der Waals surface area contributed by atoms with Crippen molar-refractivity contribution in [1.82, 2.24) is 4.98 Å². The van der Waals surface area contributed by atoms with E-state index in [1.165, 1.54) is 37.6 Å². The smallest absolute Gasteiger partial charge is 0.208 e. The van der Waals surface area contributed by atoms with Crippen LogP contribution in [0.5, 0.6) is 5.75 Å². The zero-order valence-corrected chi connectivity index (χ0v) is 16.7. The number of hydrogen-bond acceptors (Lipinski definition) is 4. The molecule has 0 bridgehead atoms. The second-order valence-corrected chi connectivity index (χ2v) is 8.63. The van der Waals surface area contributed by atoms with Crippen LogP contribution in [0.4, 0.5) is 4.39 Å². The molecule has 3 aromatic carbocycles. The highest BCUT2D eigenvalue weighted by Crippen LogP contribution is 2.37. The largest absolute Gasteiger partial charge is 0.497 e. The average Bonchev–Trinajstić information content (AvgIpc) is 2.73. The van der Waals surface area contributed by atoms with Crippen molar-refractivity contribution in [3.63, 3.8) is 0 Å². The van der Waals surface area contributed by atoms with Crippen LogP contribution in [0.3, 0.4) is 0 Å². The minimum atomic E-state index is -3.90. The van der Waals surface area contributed by atoms with Crippen LogP contribution in [-0.2, 0) is 9.84 Å². The molecule has 0 saturated carbocycles. The molecule has 4 nitrogen and oxygen atoms in total. The molecule has 0 atom stereocenters. The molecule has 4 rings (SSSR count). The summed E-state index contributed by atoms with van der Waals surface area (Å²) in [6, 6.07) is 17.7. The zero-order chi connectivity index (χ0) is 20.6. The lowest BCUT2D eigenvalue weighted by Crippen LogP contribution is -2.06. The van der Waals surface area contributed by atoms with Crippen LogP contribution in [0, 0.1) is 12.7 Å². The summed E-state index contributed by atoms with van der Waals surface area (Å²) < 4.78 is 45.7. The topological polar surface area (TPSA) is 56.3 Å². The van der Waals surface area contributed by atoms with Crippen molar-refractivity contribution >= 4 is 20.7 Å². The van der Waals surface area contributed by atoms with Crippen molar-refractivity contribution in [1.29, 1.82) is 0 Å². The molecule has 0 saturated heterocycles. The number of hydrogen-bond donors (Lipinski definition) is 0. The van der Waals surface area contributed by atoms with Gasteiger partial charge in [0.2, 0.25) is 9.84 Å². The van der Waals surface area contributed by atoms with E-state index in [9.17, 15) is 12.8 Å². The maximum Gasteiger partial charge on any atom is 0.208 e. The van der Waals surface area contributed by atoms with Crippen molar-refractivity contribution in [3.05, 3.63) is 84.3 Å². The van der Waals surface area contributed by atoms with Crippen molar-refractivity contribution in [3.8, 4) is 16.9 Å². The minimum Gasteiger partial charge on any atom is -0.497 e. The van der Waals surface area contributed by atoms with Crippen molar-refractivity contribution in [2.24, 2.45) is 0 Å². The predicted octanol–water partition coefficient (Wildman–Crippen LogP) is 5.19. The fourth-order valence-electron chi connectivity index (χ4n) is 3.30. The summed E-state index contributed by atoms with van der Waals surface area (Å²) in [6.07, 6.45) is 1.37. The first kappa shape index (κ1) is 19.1. The van der Waals surface area contributed by atoms with Crippen LogP contribution in [0.1, 0.15) is 5.56 Å². The molecular weight excluding hydrogens is 389 g/mol. The predicted molar refractivity (Wildman–Crippen MR) is 110 cm³/mol. The average molecular weight is 407 g/mol. The number of aryl methyl sites for hydroxylation is 1. The number of rotatable bonds is 4. The lowest BCUT2D eigenvalue weighted by Gasteiger charge is -2.14. The van der Waals surface area contributed by atoms with E-state index >= 15 is 0 Å². The third-order valence-electron chi connectivity index (χ3n) is 4.76. The Kier molecular flexibility index (Phi) is 4.80. The highest BCUT2D eigenvalue weighted by molar-refractivity contribution is 7.91. The molecule has 0 fully saturated rings. The fourth-order valence-corrected chi connectivity index (χ4v) is 4.77. The number of sulfone groups is 1. The normalized spacial score (nSPS) is 11.6. The van der Waals surface area contributed by atoms with Gasteiger partial charge in [0.1, 0.15) is 11.6 Å². The molecule has 0 radical (unpaired) electrons. The van der Waals surface area contributed by atoms with E-state index in [4.69, 9.17) is 4.74 Å². The number of halogens is 1. The summed E-state index contributed by atoms with van der Waals surface area (Å²) in [4.78, 5) is 4.56. The summed E-state index contributed by atoms with van der Waals surface area (Å²) in [5.74, 6) is 0.0546. The first-order valence-corrected chi connectivity index (χ1v) is 10.4. The van der Waals surface area contributed by atoms with Crippen molar-refractivity contribution in [2.75, 3.05) is 7.11 Å². The maximum atomic E-state index is 13.5. The van der Waals surface area contributed by atoms with Gasteiger partial charge in [-0.25, -0.2) is 12.8 Å². The van der Waals surface area contributed by atoms with Gasteiger partial charge in [0, 0.05) is 17.1 Å². The Balaban J connectivity index is 2.05. The third-order valence-corrected chi connectivity index (χ3v) is 6.53. The van der Waals surface area contributed by atoms with Crippen molar-refractivity contribution in [2.45, 2.75) is 16.7 Å². The molecular formula is C23H18FNO3S. The van der Waals surface area contributed by atoms with E-state index in [0.29, 0.717) is 27.8 Å². The maximum absolute atomic E-state index is 13.5. The minimum absolute atomic E-state index is 0.0636. The Morgan fingerprint density at radius 2 is 1.72 bits per heavy atom. The Hall–Kier alpha value is -3.25. The number of nitrogens with zero attached hydrogens (tertiary/aromatic N) is 1. The quantitative estimate of drug-likeness (QED) is 0.467. The molecule has 6 heteroatoms. The highest BCUT2D eigenvalue weighted by atomic mass is 32.2. The molecule has 4 aromatic rings. The molecule has 1 aromatic heterocycles. The molecule has 0 aliphatic carbocycles. The molecule has 0 amide bonds. The Labute approximate surface area is 168 Å². The summed E-state index contributed by atoms with van der Waals surface area (Å²) in [5.41, 5.74) is 2.79. The van der Waals surface area contributed by atoms with E-state index in [1.54, 1.807) is 24.3 Å². The molecule has 1 heterocycles. The molecule has 0 unspecified atom stereocenters. The van der Waals surface area contributed by atoms with Gasteiger partial charge in [-0.05, 0) is 54.4 Å². The molecule has 0 aliphatic rings. The lowest BCUT2D eigenvalue weighted by molar-refractivity contribution is 0.413. The number of aromatic nitrogens is 1. The summed E-state index contributed by atoms with van der Waals surface area (Å²) in [6.45, 7) is 1.94. The third kappa shape index (κ3) is 3.47. The second kappa shape index (κ2) is 7.29. The van der Waals surface area contributed by atoms with E-state index < -0.39 is 9.84 Å². The molecule has 0 N–H and O–H groups in total. The summed E-state index contributed by atoms with van der Waals surface area (Å²) in [7, 11) is -2.42. The standard InChI is InChI=1S/C23H18FNO3S/c1-15-6-11-20-21(12-15)25-14-22(23(20)16-7-9-17(24)10-8-16)29(26,27)19-5-3-4-18(13-19)28-2/h3-14H,1-2H3. The number of benzene rings is 3. The first-order chi connectivity index (χ1) is 13.9. The van der Waals surface area contributed by atoms with Crippen LogP contribution in [0.2, 0.25) is 0 Å². The van der Waals surface area contributed by atoms with Gasteiger partial charge in [-0.3, -0.25) is 4.98 Å². The number of methoxy groups -OCH3 is 1. The first-order valence-electron chi connectivity index (χ1n) is 8.94. The Morgan fingerprint density at radius 3 is 2.45 bits per heavy atom. The van der Waals surface area contributed by atoms with Crippen LogP contribution in [-0.4, -0.2) is 20.5 Å². The van der Waals surface area contributed by atoms with E-state index in [2.05, 4.69) is 4.98 Å². The van der Waals surface area contributed by atoms with Gasteiger partial charge >= 0.3 is 0 Å². The van der Waals surface area contributed by atoms with Gasteiger partial charge in [-0.2, -0.15) is 0 Å². The van der Waals surface area contributed by atoms with E-state index in [1.807, 2.05) is 25.1 Å². The SMILES string of the molecule is COc1cccc(S(=O)(=O)c2cnc3cc(C)ccc3c2-c2ccc(F)cc2)c1. The van der Waals surface area contributed by atoms with Crippen LogP contribution < -0.4 is 4.74 Å². The van der Waals surface area contributed by atoms with Crippen LogP contribution in [0.25, 0.3) is 22.0 Å². The van der Waals surface area contributed by atoms with Gasteiger partial charge in [-0.15, -0.1) is 0 Å². The zero-order valence-electron chi connectivity index (χ0n) is 15.9. The van der Waals surface area contributed by atoms with Gasteiger partial charge < -0.3 is 4.74 Å². The second-order valence-electron chi connectivity index (χ2n) is 6.71. The number of fused-ring (bicyclic) bond motifs is 1. The van der Waals surface area contributed by atoms with Gasteiger partial charge in [0.05, 0.1) is 22.4 Å². The summed E-state index contributed by atoms with van der Waals surface area (Å²) in [5, 5.41) is 0.686. The van der Waals surface area contributed by atoms with Crippen molar-refractivity contribution < 1.29 is 17.5 Å². The van der Waals surface area contributed by atoms with Gasteiger partial charge in [-0.1, -0.05) is 30.3 Å². The molecule has 29 heavy (non-hydrogen) atoms. The molecule has 0 aliphatic heterocycles. The fraction of sp³-hybridized carbons (Fsp3) is 0.0870. The Morgan fingerprint density at radius 1 is 0.966 bits per heavy atom. The molecule has 146 valence electrons. The Bertz CT molecular complexity index is 1320. The highest BCUT2D eigenvalue weighted by Gasteiger charge is 2.25. The van der Waals surface area contributed by atoms with Crippen LogP contribution >= 0.6 is 0 Å². The number of pyridine rings is 1. The van der Waals surface area contributed by atoms with Gasteiger partial charge in [0.25, 0.3) is 0 Å². The van der Waals surface area contributed by atoms with Crippen LogP contribution in [0.15, 0.2) is 82.7 Å². The monoisotopic (exact) mass is 407 g/mol. The summed E-state index contributed by atoms with van der Waals surface area (Å²) >= 11 is 0.